The van der Waals surface area contributed by atoms with E-state index in [4.69, 9.17) is 9.84 Å². The summed E-state index contributed by atoms with van der Waals surface area (Å²) in [6.07, 6.45) is 0. The number of hydrogen-bond donors (Lipinski definition) is 1. The van der Waals surface area contributed by atoms with E-state index in [0.717, 1.165) is 26.9 Å². The fraction of sp³-hybridized carbons (Fsp3) is 0.130. The van der Waals surface area contributed by atoms with Crippen molar-refractivity contribution in [1.82, 2.24) is 24.3 Å². The maximum absolute atomic E-state index is 13.1. The molecule has 0 atom stereocenters. The smallest absolute Gasteiger partial charge is 0.329 e. The number of pyridine rings is 1. The summed E-state index contributed by atoms with van der Waals surface area (Å²) in [5, 5.41) is 5.80. The van der Waals surface area contributed by atoms with Gasteiger partial charge in [0.25, 0.3) is 5.56 Å². The Morgan fingerprint density at radius 1 is 0.968 bits per heavy atom. The minimum atomic E-state index is -0.521. The van der Waals surface area contributed by atoms with Crippen LogP contribution >= 0.6 is 0 Å². The molecule has 5 aromatic rings. The van der Waals surface area contributed by atoms with Gasteiger partial charge in [-0.2, -0.15) is 5.10 Å². The second-order valence-corrected chi connectivity index (χ2v) is 7.26. The highest BCUT2D eigenvalue weighted by Gasteiger charge is 2.22. The summed E-state index contributed by atoms with van der Waals surface area (Å²) in [7, 11) is 3.05. The van der Waals surface area contributed by atoms with E-state index in [2.05, 4.69) is 9.97 Å². The van der Waals surface area contributed by atoms with E-state index in [-0.39, 0.29) is 5.65 Å². The lowest BCUT2D eigenvalue weighted by Gasteiger charge is -2.11. The molecular formula is C23H19N5O3. The Balaban J connectivity index is 1.99. The van der Waals surface area contributed by atoms with Crippen molar-refractivity contribution in [2.75, 3.05) is 7.11 Å². The molecule has 1 N–H and O–H groups in total. The van der Waals surface area contributed by atoms with Crippen LogP contribution < -0.4 is 16.0 Å². The van der Waals surface area contributed by atoms with Crippen molar-refractivity contribution in [2.45, 2.75) is 6.92 Å². The molecule has 0 bridgehead atoms. The van der Waals surface area contributed by atoms with Crippen molar-refractivity contribution in [2.24, 2.45) is 7.05 Å². The molecule has 0 aliphatic heterocycles. The predicted octanol–water partition coefficient (Wildman–Crippen LogP) is 2.94. The van der Waals surface area contributed by atoms with Crippen molar-refractivity contribution in [3.8, 4) is 22.6 Å². The summed E-state index contributed by atoms with van der Waals surface area (Å²) in [6, 6.07) is 17.1. The van der Waals surface area contributed by atoms with E-state index >= 15 is 0 Å². The number of hydrogen-bond acceptors (Lipinski definition) is 5. The maximum Gasteiger partial charge on any atom is 0.329 e. The third-order valence-corrected chi connectivity index (χ3v) is 5.42. The molecule has 8 nitrogen and oxygen atoms in total. The number of benzene rings is 2. The highest BCUT2D eigenvalue weighted by atomic mass is 16.5. The normalized spacial score (nSPS) is 11.3. The van der Waals surface area contributed by atoms with Gasteiger partial charge in [0.05, 0.1) is 29.3 Å². The maximum atomic E-state index is 13.1. The third-order valence-electron chi connectivity index (χ3n) is 5.42. The highest BCUT2D eigenvalue weighted by Crippen LogP contribution is 2.35. The number of ether oxygens (including phenoxy) is 1. The lowest BCUT2D eigenvalue weighted by Crippen LogP contribution is -2.33. The number of nitrogens with one attached hydrogen (secondary N) is 1. The molecule has 2 aromatic carbocycles. The zero-order valence-corrected chi connectivity index (χ0v) is 17.2. The summed E-state index contributed by atoms with van der Waals surface area (Å²) >= 11 is 0. The minimum absolute atomic E-state index is 0.225. The Morgan fingerprint density at radius 2 is 1.68 bits per heavy atom. The first kappa shape index (κ1) is 18.8. The van der Waals surface area contributed by atoms with Crippen LogP contribution in [0.25, 0.3) is 38.9 Å². The zero-order chi connectivity index (χ0) is 21.7. The largest absolute Gasteiger partial charge is 0.497 e. The molecule has 0 aliphatic carbocycles. The fourth-order valence-corrected chi connectivity index (χ4v) is 3.86. The van der Waals surface area contributed by atoms with Gasteiger partial charge in [-0.15, -0.1) is 0 Å². The molecule has 0 saturated heterocycles. The van der Waals surface area contributed by atoms with Gasteiger partial charge < -0.3 is 4.74 Å². The highest BCUT2D eigenvalue weighted by molar-refractivity contribution is 6.08. The van der Waals surface area contributed by atoms with Gasteiger partial charge in [0.15, 0.2) is 5.65 Å². The summed E-state index contributed by atoms with van der Waals surface area (Å²) in [5.74, 6) is 0.705. The number of para-hydroxylation sites is 1. The van der Waals surface area contributed by atoms with Gasteiger partial charge in [0.1, 0.15) is 11.4 Å². The van der Waals surface area contributed by atoms with Crippen LogP contribution in [0.3, 0.4) is 0 Å². The van der Waals surface area contributed by atoms with Crippen molar-refractivity contribution in [1.29, 1.82) is 0 Å². The lowest BCUT2D eigenvalue weighted by atomic mass is 9.98. The number of fused-ring (bicyclic) bond motifs is 2. The molecular weight excluding hydrogens is 394 g/mol. The first-order chi connectivity index (χ1) is 15.0. The van der Waals surface area contributed by atoms with Crippen LogP contribution in [0.15, 0.2) is 64.2 Å². The second-order valence-electron chi connectivity index (χ2n) is 7.26. The first-order valence-electron chi connectivity index (χ1n) is 9.72. The van der Waals surface area contributed by atoms with E-state index in [9.17, 15) is 9.59 Å². The standard InChI is InChI=1S/C23H19N5O3/c1-13-17-18(14-9-11-16(31-3)12-10-14)19-20(25-23(30)27(2)22(19)29)24-21(17)28(26-13)15-7-5-4-6-8-15/h4-12H,1-3H3,(H,24,25,30). The Labute approximate surface area is 176 Å². The number of aromatic nitrogens is 5. The second kappa shape index (κ2) is 6.94. The molecule has 0 fully saturated rings. The van der Waals surface area contributed by atoms with E-state index in [1.54, 1.807) is 11.8 Å². The lowest BCUT2D eigenvalue weighted by molar-refractivity contribution is 0.415. The molecule has 0 unspecified atom stereocenters. The molecule has 0 spiro atoms. The molecule has 0 saturated carbocycles. The fourth-order valence-electron chi connectivity index (χ4n) is 3.86. The number of aromatic amines is 1. The summed E-state index contributed by atoms with van der Waals surface area (Å²) < 4.78 is 8.07. The minimum Gasteiger partial charge on any atom is -0.497 e. The Kier molecular flexibility index (Phi) is 4.21. The summed E-state index contributed by atoms with van der Waals surface area (Å²) in [6.45, 7) is 1.89. The van der Waals surface area contributed by atoms with Crippen molar-refractivity contribution < 1.29 is 4.74 Å². The number of nitrogens with zero attached hydrogens (tertiary/aromatic N) is 4. The first-order valence-corrected chi connectivity index (χ1v) is 9.72. The Hall–Kier alpha value is -4.20. The molecule has 8 heteroatoms. The van der Waals surface area contributed by atoms with Crippen LogP contribution in [-0.4, -0.2) is 31.4 Å². The van der Waals surface area contributed by atoms with E-state index in [1.807, 2.05) is 61.5 Å². The number of methoxy groups -OCH3 is 1. The van der Waals surface area contributed by atoms with E-state index in [0.29, 0.717) is 22.3 Å². The zero-order valence-electron chi connectivity index (χ0n) is 17.2. The van der Waals surface area contributed by atoms with Gasteiger partial charge in [-0.3, -0.25) is 14.3 Å². The van der Waals surface area contributed by atoms with Crippen LogP contribution in [0.5, 0.6) is 5.75 Å². The molecule has 0 radical (unpaired) electrons. The van der Waals surface area contributed by atoms with Crippen LogP contribution in [-0.2, 0) is 7.05 Å². The molecule has 31 heavy (non-hydrogen) atoms. The van der Waals surface area contributed by atoms with Crippen LogP contribution in [0.4, 0.5) is 0 Å². The quantitative estimate of drug-likeness (QED) is 0.491. The van der Waals surface area contributed by atoms with Gasteiger partial charge in [0, 0.05) is 12.6 Å². The van der Waals surface area contributed by atoms with Crippen molar-refractivity contribution in [3.63, 3.8) is 0 Å². The van der Waals surface area contributed by atoms with Crippen LogP contribution in [0.1, 0.15) is 5.69 Å². The summed E-state index contributed by atoms with van der Waals surface area (Å²) in [5.41, 5.74) is 2.90. The summed E-state index contributed by atoms with van der Waals surface area (Å²) in [4.78, 5) is 32.9. The Bertz CT molecular complexity index is 1560. The SMILES string of the molecule is COc1ccc(-c2c3c(C)nn(-c4ccccc4)c3nc3[nH]c(=O)n(C)c(=O)c23)cc1. The number of H-pyrrole nitrogens is 1. The molecule has 3 aromatic heterocycles. The van der Waals surface area contributed by atoms with Crippen molar-refractivity contribution in [3.05, 3.63) is 81.1 Å². The number of aryl methyl sites for hydroxylation is 1. The average Bonchev–Trinajstić information content (AvgIpc) is 3.13. The monoisotopic (exact) mass is 413 g/mol. The van der Waals surface area contributed by atoms with Crippen LogP contribution in [0, 0.1) is 6.92 Å². The third kappa shape index (κ3) is 2.83. The van der Waals surface area contributed by atoms with Gasteiger partial charge in [-0.1, -0.05) is 30.3 Å². The number of rotatable bonds is 3. The van der Waals surface area contributed by atoms with Gasteiger partial charge >= 0.3 is 5.69 Å². The van der Waals surface area contributed by atoms with Crippen molar-refractivity contribution >= 4 is 22.1 Å². The molecule has 3 heterocycles. The topological polar surface area (TPSA) is 94.8 Å². The van der Waals surface area contributed by atoms with Gasteiger partial charge in [0.2, 0.25) is 0 Å². The molecule has 5 rings (SSSR count). The molecule has 0 amide bonds. The van der Waals surface area contributed by atoms with E-state index in [1.165, 1.54) is 7.05 Å². The predicted molar refractivity (Wildman–Crippen MR) is 119 cm³/mol. The Morgan fingerprint density at radius 3 is 2.35 bits per heavy atom. The molecule has 0 aliphatic rings. The van der Waals surface area contributed by atoms with Gasteiger partial charge in [-0.25, -0.2) is 14.5 Å². The van der Waals surface area contributed by atoms with Gasteiger partial charge in [-0.05, 0) is 36.8 Å². The van der Waals surface area contributed by atoms with Crippen LogP contribution in [0.2, 0.25) is 0 Å². The molecule has 154 valence electrons. The average molecular weight is 413 g/mol. The van der Waals surface area contributed by atoms with E-state index < -0.39 is 11.2 Å².